The van der Waals surface area contributed by atoms with E-state index in [0.717, 1.165) is 5.56 Å². The van der Waals surface area contributed by atoms with Crippen molar-refractivity contribution in [1.29, 1.82) is 0 Å². The van der Waals surface area contributed by atoms with Crippen molar-refractivity contribution in [3.05, 3.63) is 120 Å². The number of esters is 1. The van der Waals surface area contributed by atoms with Gasteiger partial charge in [0, 0.05) is 16.5 Å². The molecule has 5 rings (SSSR count). The lowest BCUT2D eigenvalue weighted by atomic mass is 10.0. The summed E-state index contributed by atoms with van der Waals surface area (Å²) < 4.78 is 16.9. The quantitative estimate of drug-likeness (QED) is 0.209. The van der Waals surface area contributed by atoms with Gasteiger partial charge in [-0.3, -0.25) is 4.79 Å². The second-order valence-corrected chi connectivity index (χ2v) is 8.92. The maximum Gasteiger partial charge on any atom is 0.340 e. The van der Waals surface area contributed by atoms with Gasteiger partial charge in [-0.2, -0.15) is 0 Å². The third kappa shape index (κ3) is 5.78. The summed E-state index contributed by atoms with van der Waals surface area (Å²) in [4.78, 5) is 32.1. The summed E-state index contributed by atoms with van der Waals surface area (Å²) in [5, 5.41) is 3.49. The number of hydrogen-bond acceptors (Lipinski definition) is 6. The second-order valence-electron chi connectivity index (χ2n) is 8.92. The number of carbonyl (C=O) groups excluding carboxylic acids is 2. The van der Waals surface area contributed by atoms with E-state index >= 15 is 0 Å². The van der Waals surface area contributed by atoms with Crippen LogP contribution in [0.2, 0.25) is 0 Å². The average molecular weight is 533 g/mol. The molecule has 1 aromatic heterocycles. The zero-order valence-corrected chi connectivity index (χ0v) is 22.2. The number of methoxy groups -OCH3 is 1. The maximum atomic E-state index is 13.8. The number of fused-ring (bicyclic) bond motifs is 1. The molecular formula is C33H28N2O5. The summed E-state index contributed by atoms with van der Waals surface area (Å²) in [6.45, 7) is 2.31. The summed E-state index contributed by atoms with van der Waals surface area (Å²) >= 11 is 0. The monoisotopic (exact) mass is 532 g/mol. The number of nitrogens with zero attached hydrogens (tertiary/aromatic N) is 1. The Morgan fingerprint density at radius 2 is 1.55 bits per heavy atom. The van der Waals surface area contributed by atoms with Gasteiger partial charge in [0.1, 0.15) is 11.5 Å². The molecule has 0 saturated carbocycles. The molecule has 1 atom stereocenters. The number of para-hydroxylation sites is 3. The Kier molecular flexibility index (Phi) is 8.02. The lowest BCUT2D eigenvalue weighted by molar-refractivity contribution is -0.125. The number of hydrogen-bond donors (Lipinski definition) is 1. The van der Waals surface area contributed by atoms with Gasteiger partial charge in [0.2, 0.25) is 6.10 Å². The van der Waals surface area contributed by atoms with Crippen molar-refractivity contribution >= 4 is 28.5 Å². The van der Waals surface area contributed by atoms with Crippen LogP contribution in [0.15, 0.2) is 109 Å². The van der Waals surface area contributed by atoms with Crippen molar-refractivity contribution in [3.8, 4) is 22.8 Å². The second kappa shape index (κ2) is 12.1. The number of carbonyl (C=O) groups is 2. The molecule has 200 valence electrons. The molecule has 0 spiro atoms. The number of rotatable bonds is 9. The summed E-state index contributed by atoms with van der Waals surface area (Å²) in [5.41, 5.74) is 3.37. The van der Waals surface area contributed by atoms with Crippen LogP contribution in [-0.2, 0) is 9.53 Å². The van der Waals surface area contributed by atoms with E-state index in [4.69, 9.17) is 19.2 Å². The molecule has 1 heterocycles. The number of pyridine rings is 1. The molecule has 1 N–H and O–H groups in total. The van der Waals surface area contributed by atoms with Gasteiger partial charge in [-0.1, -0.05) is 60.7 Å². The number of ether oxygens (including phenoxy) is 3. The normalized spacial score (nSPS) is 11.4. The predicted octanol–water partition coefficient (Wildman–Crippen LogP) is 6.85. The van der Waals surface area contributed by atoms with Crippen molar-refractivity contribution in [3.63, 3.8) is 0 Å². The molecule has 40 heavy (non-hydrogen) atoms. The van der Waals surface area contributed by atoms with E-state index in [0.29, 0.717) is 51.5 Å². The van der Waals surface area contributed by atoms with E-state index in [9.17, 15) is 9.59 Å². The zero-order valence-electron chi connectivity index (χ0n) is 22.2. The number of aromatic nitrogens is 1. The van der Waals surface area contributed by atoms with Gasteiger partial charge in [0.25, 0.3) is 5.91 Å². The average Bonchev–Trinajstić information content (AvgIpc) is 3.00. The van der Waals surface area contributed by atoms with Crippen molar-refractivity contribution < 1.29 is 23.8 Å². The minimum Gasteiger partial charge on any atom is -0.497 e. The lowest BCUT2D eigenvalue weighted by Gasteiger charge is -2.20. The minimum atomic E-state index is -1.21. The molecule has 7 heteroatoms. The summed E-state index contributed by atoms with van der Waals surface area (Å²) in [7, 11) is 1.60. The van der Waals surface area contributed by atoms with E-state index in [1.807, 2.05) is 67.6 Å². The van der Waals surface area contributed by atoms with E-state index in [-0.39, 0.29) is 0 Å². The Morgan fingerprint density at radius 3 is 2.30 bits per heavy atom. The summed E-state index contributed by atoms with van der Waals surface area (Å²) in [6, 6.07) is 32.5. The third-order valence-corrected chi connectivity index (χ3v) is 6.33. The minimum absolute atomic E-state index is 0.305. The van der Waals surface area contributed by atoms with E-state index in [1.54, 1.807) is 55.6 Å². The van der Waals surface area contributed by atoms with Crippen LogP contribution < -0.4 is 14.8 Å². The summed E-state index contributed by atoms with van der Waals surface area (Å²) in [6.07, 6.45) is -1.21. The SMILES string of the molecule is CCOc1ccccc1NC(=O)[C@@H](OC(=O)c1cc(-c2ccc(OC)cc2)nc2ccccc12)c1ccccc1. The molecule has 0 saturated heterocycles. The Morgan fingerprint density at radius 1 is 0.850 bits per heavy atom. The Hall–Kier alpha value is -5.17. The lowest BCUT2D eigenvalue weighted by Crippen LogP contribution is -2.26. The molecule has 1 amide bonds. The van der Waals surface area contributed by atoms with Gasteiger partial charge < -0.3 is 19.5 Å². The Balaban J connectivity index is 1.51. The molecule has 0 unspecified atom stereocenters. The van der Waals surface area contributed by atoms with Crippen molar-refractivity contribution in [2.45, 2.75) is 13.0 Å². The van der Waals surface area contributed by atoms with Crippen LogP contribution in [0.1, 0.15) is 28.9 Å². The van der Waals surface area contributed by atoms with Crippen LogP contribution in [0.5, 0.6) is 11.5 Å². The molecule has 0 aliphatic heterocycles. The highest BCUT2D eigenvalue weighted by atomic mass is 16.5. The van der Waals surface area contributed by atoms with Crippen LogP contribution in [0.4, 0.5) is 5.69 Å². The summed E-state index contributed by atoms with van der Waals surface area (Å²) in [5.74, 6) is 0.100. The van der Waals surface area contributed by atoms with E-state index < -0.39 is 18.0 Å². The molecule has 0 radical (unpaired) electrons. The van der Waals surface area contributed by atoms with Gasteiger partial charge >= 0.3 is 5.97 Å². The first kappa shape index (κ1) is 26.4. The number of anilines is 1. The smallest absolute Gasteiger partial charge is 0.340 e. The third-order valence-electron chi connectivity index (χ3n) is 6.33. The largest absolute Gasteiger partial charge is 0.497 e. The van der Waals surface area contributed by atoms with Gasteiger partial charge in [-0.15, -0.1) is 0 Å². The number of nitrogens with one attached hydrogen (secondary N) is 1. The molecule has 0 bridgehead atoms. The fraction of sp³-hybridized carbons (Fsp3) is 0.121. The standard InChI is InChI=1S/C33H28N2O5/c1-3-39-30-16-10-9-15-28(30)35-32(36)31(23-11-5-4-6-12-23)40-33(37)26-21-29(22-17-19-24(38-2)20-18-22)34-27-14-8-7-13-25(26)27/h4-21,31H,3H2,1-2H3,(H,35,36)/t31-/m0/s1. The van der Waals surface area contributed by atoms with Gasteiger partial charge in [-0.05, 0) is 55.5 Å². The van der Waals surface area contributed by atoms with Crippen molar-refractivity contribution in [2.75, 3.05) is 19.0 Å². The van der Waals surface area contributed by atoms with E-state index in [2.05, 4.69) is 5.32 Å². The Bertz CT molecular complexity index is 1630. The molecular weight excluding hydrogens is 504 g/mol. The topological polar surface area (TPSA) is 86.8 Å². The molecule has 0 aliphatic carbocycles. The molecule has 7 nitrogen and oxygen atoms in total. The van der Waals surface area contributed by atoms with Crippen LogP contribution in [0.25, 0.3) is 22.2 Å². The zero-order chi connectivity index (χ0) is 27.9. The molecule has 4 aromatic carbocycles. The first-order chi connectivity index (χ1) is 19.6. The van der Waals surface area contributed by atoms with Crippen molar-refractivity contribution in [2.24, 2.45) is 0 Å². The first-order valence-electron chi connectivity index (χ1n) is 12.9. The highest BCUT2D eigenvalue weighted by Crippen LogP contribution is 2.30. The fourth-order valence-corrected chi connectivity index (χ4v) is 4.37. The highest BCUT2D eigenvalue weighted by molar-refractivity contribution is 6.06. The van der Waals surface area contributed by atoms with Crippen molar-refractivity contribution in [1.82, 2.24) is 4.98 Å². The van der Waals surface area contributed by atoms with E-state index in [1.165, 1.54) is 0 Å². The molecule has 0 aliphatic rings. The maximum absolute atomic E-state index is 13.8. The Labute approximate surface area is 232 Å². The molecule has 5 aromatic rings. The molecule has 0 fully saturated rings. The number of amides is 1. The van der Waals surface area contributed by atoms with Gasteiger partial charge in [0.15, 0.2) is 0 Å². The van der Waals surface area contributed by atoms with Crippen LogP contribution in [0.3, 0.4) is 0 Å². The highest BCUT2D eigenvalue weighted by Gasteiger charge is 2.28. The predicted molar refractivity (Wildman–Crippen MR) is 155 cm³/mol. The number of benzene rings is 4. The first-order valence-corrected chi connectivity index (χ1v) is 12.9. The van der Waals surface area contributed by atoms with Gasteiger partial charge in [-0.25, -0.2) is 9.78 Å². The van der Waals surface area contributed by atoms with Crippen LogP contribution in [-0.4, -0.2) is 30.6 Å². The van der Waals surface area contributed by atoms with Crippen LogP contribution in [0, 0.1) is 0 Å². The van der Waals surface area contributed by atoms with Gasteiger partial charge in [0.05, 0.1) is 36.2 Å². The fourth-order valence-electron chi connectivity index (χ4n) is 4.37. The van der Waals surface area contributed by atoms with Crippen LogP contribution >= 0.6 is 0 Å².